The maximum atomic E-state index is 10.4. The van der Waals surface area contributed by atoms with Crippen LogP contribution < -0.4 is 0 Å². The van der Waals surface area contributed by atoms with E-state index < -0.39 is 6.10 Å². The Balaban J connectivity index is 2.13. The first-order chi connectivity index (χ1) is 8.12. The normalized spacial score (nSPS) is 20.2. The molecule has 0 radical (unpaired) electrons. The Kier molecular flexibility index (Phi) is 3.71. The van der Waals surface area contributed by atoms with Gasteiger partial charge in [0.25, 0.3) is 0 Å². The van der Waals surface area contributed by atoms with Gasteiger partial charge in [-0.15, -0.1) is 0 Å². The Morgan fingerprint density at radius 1 is 1.29 bits per heavy atom. The fraction of sp³-hybridized carbons (Fsp3) is 0.667. The lowest BCUT2D eigenvalue weighted by molar-refractivity contribution is -0.0632. The molecule has 1 fully saturated rings. The Morgan fingerprint density at radius 3 is 2.47 bits per heavy atom. The van der Waals surface area contributed by atoms with Crippen LogP contribution in [0.5, 0.6) is 0 Å². The van der Waals surface area contributed by atoms with E-state index in [1.165, 1.54) is 6.33 Å². The molecule has 1 aromatic heterocycles. The van der Waals surface area contributed by atoms with Crippen LogP contribution in [0.1, 0.15) is 25.5 Å². The average molecular weight is 237 g/mol. The van der Waals surface area contributed by atoms with Gasteiger partial charge in [-0.05, 0) is 13.8 Å². The summed E-state index contributed by atoms with van der Waals surface area (Å²) in [4.78, 5) is 10.1. The Labute approximate surface area is 101 Å². The topological polar surface area (TPSA) is 58.5 Å². The van der Waals surface area contributed by atoms with Crippen molar-refractivity contribution in [3.05, 3.63) is 24.3 Å². The van der Waals surface area contributed by atoms with E-state index in [4.69, 9.17) is 4.74 Å². The predicted molar refractivity (Wildman–Crippen MR) is 63.5 cm³/mol. The van der Waals surface area contributed by atoms with E-state index in [-0.39, 0.29) is 5.54 Å². The van der Waals surface area contributed by atoms with Gasteiger partial charge in [0.15, 0.2) is 0 Å². The lowest BCUT2D eigenvalue weighted by atomic mass is 9.90. The molecule has 0 amide bonds. The molecule has 1 atom stereocenters. The summed E-state index contributed by atoms with van der Waals surface area (Å²) >= 11 is 0. The number of hydrogen-bond donors (Lipinski definition) is 1. The zero-order valence-corrected chi connectivity index (χ0v) is 10.3. The molecular weight excluding hydrogens is 218 g/mol. The molecule has 94 valence electrons. The molecule has 0 aliphatic carbocycles. The van der Waals surface area contributed by atoms with Crippen LogP contribution in [0.3, 0.4) is 0 Å². The molecule has 1 saturated heterocycles. The van der Waals surface area contributed by atoms with Crippen molar-refractivity contribution in [2.45, 2.75) is 25.5 Å². The third kappa shape index (κ3) is 2.62. The minimum atomic E-state index is -0.596. The second-order valence-corrected chi connectivity index (χ2v) is 4.83. The zero-order valence-electron chi connectivity index (χ0n) is 10.3. The highest BCUT2D eigenvalue weighted by Crippen LogP contribution is 2.30. The van der Waals surface area contributed by atoms with Gasteiger partial charge in [-0.1, -0.05) is 0 Å². The summed E-state index contributed by atoms with van der Waals surface area (Å²) in [7, 11) is 0. The fourth-order valence-corrected chi connectivity index (χ4v) is 2.17. The van der Waals surface area contributed by atoms with Crippen LogP contribution in [0, 0.1) is 0 Å². The van der Waals surface area contributed by atoms with E-state index in [9.17, 15) is 5.11 Å². The molecule has 0 aromatic carbocycles. The highest BCUT2D eigenvalue weighted by Gasteiger charge is 2.36. The second-order valence-electron chi connectivity index (χ2n) is 4.83. The van der Waals surface area contributed by atoms with Crippen molar-refractivity contribution in [1.82, 2.24) is 14.9 Å². The minimum absolute atomic E-state index is 0.339. The van der Waals surface area contributed by atoms with Crippen LogP contribution >= 0.6 is 0 Å². The molecule has 0 bridgehead atoms. The Morgan fingerprint density at radius 2 is 1.88 bits per heavy atom. The maximum absolute atomic E-state index is 10.4. The summed E-state index contributed by atoms with van der Waals surface area (Å²) in [6.45, 7) is 7.21. The van der Waals surface area contributed by atoms with Gasteiger partial charge in [0.05, 0.1) is 19.3 Å². The third-order valence-electron chi connectivity index (χ3n) is 3.39. The van der Waals surface area contributed by atoms with E-state index in [2.05, 4.69) is 14.9 Å². The van der Waals surface area contributed by atoms with Crippen LogP contribution in [0.4, 0.5) is 0 Å². The molecule has 1 aromatic rings. The maximum Gasteiger partial charge on any atom is 0.115 e. The van der Waals surface area contributed by atoms with Crippen LogP contribution in [0.2, 0.25) is 0 Å². The van der Waals surface area contributed by atoms with Crippen molar-refractivity contribution in [2.75, 3.05) is 26.3 Å². The van der Waals surface area contributed by atoms with Crippen LogP contribution in [0.15, 0.2) is 18.7 Å². The van der Waals surface area contributed by atoms with Crippen molar-refractivity contribution in [3.8, 4) is 0 Å². The van der Waals surface area contributed by atoms with Gasteiger partial charge in [-0.25, -0.2) is 9.97 Å². The van der Waals surface area contributed by atoms with Gasteiger partial charge in [0, 0.05) is 36.6 Å². The van der Waals surface area contributed by atoms with Gasteiger partial charge in [0.2, 0.25) is 0 Å². The Hall–Kier alpha value is -1.04. The highest BCUT2D eigenvalue weighted by atomic mass is 16.5. The molecule has 2 heterocycles. The molecule has 0 spiro atoms. The SMILES string of the molecule is CC(C)(C(O)c1cncnc1)N1CCOCC1. The number of hydrogen-bond acceptors (Lipinski definition) is 5. The molecule has 1 unspecified atom stereocenters. The van der Waals surface area contributed by atoms with Gasteiger partial charge >= 0.3 is 0 Å². The minimum Gasteiger partial charge on any atom is -0.386 e. The highest BCUT2D eigenvalue weighted by molar-refractivity contribution is 5.12. The van der Waals surface area contributed by atoms with E-state index in [0.717, 1.165) is 31.9 Å². The van der Waals surface area contributed by atoms with E-state index in [1.54, 1.807) is 12.4 Å². The van der Waals surface area contributed by atoms with Gasteiger partial charge < -0.3 is 9.84 Å². The predicted octanol–water partition coefficient (Wildman–Crippen LogP) is 0.621. The molecule has 2 rings (SSSR count). The molecule has 1 N–H and O–H groups in total. The second kappa shape index (κ2) is 5.08. The molecule has 1 aliphatic heterocycles. The van der Waals surface area contributed by atoms with Crippen LogP contribution in [-0.2, 0) is 4.74 Å². The number of ether oxygens (including phenoxy) is 1. The number of rotatable bonds is 3. The molecule has 5 heteroatoms. The van der Waals surface area contributed by atoms with Crippen LogP contribution in [-0.4, -0.2) is 51.8 Å². The summed E-state index contributed by atoms with van der Waals surface area (Å²) in [5, 5.41) is 10.4. The molecular formula is C12H19N3O2. The van der Waals surface area contributed by atoms with Crippen molar-refractivity contribution in [3.63, 3.8) is 0 Å². The average Bonchev–Trinajstić information content (AvgIpc) is 2.40. The first-order valence-electron chi connectivity index (χ1n) is 5.88. The largest absolute Gasteiger partial charge is 0.386 e. The molecule has 5 nitrogen and oxygen atoms in total. The van der Waals surface area contributed by atoms with Gasteiger partial charge in [0.1, 0.15) is 6.33 Å². The first kappa shape index (κ1) is 12.4. The third-order valence-corrected chi connectivity index (χ3v) is 3.39. The number of aliphatic hydroxyl groups is 1. The summed E-state index contributed by atoms with van der Waals surface area (Å²) in [5.74, 6) is 0. The van der Waals surface area contributed by atoms with Gasteiger partial charge in [-0.3, -0.25) is 4.90 Å². The molecule has 1 aliphatic rings. The first-order valence-corrected chi connectivity index (χ1v) is 5.88. The van der Waals surface area contributed by atoms with E-state index in [0.29, 0.717) is 0 Å². The summed E-state index contributed by atoms with van der Waals surface area (Å²) in [6.07, 6.45) is 4.21. The van der Waals surface area contributed by atoms with Crippen molar-refractivity contribution in [2.24, 2.45) is 0 Å². The number of aromatic nitrogens is 2. The summed E-state index contributed by atoms with van der Waals surface area (Å²) in [6, 6.07) is 0. The fourth-order valence-electron chi connectivity index (χ4n) is 2.17. The number of morpholine rings is 1. The molecule has 17 heavy (non-hydrogen) atoms. The van der Waals surface area contributed by atoms with Crippen molar-refractivity contribution >= 4 is 0 Å². The van der Waals surface area contributed by atoms with Crippen molar-refractivity contribution in [1.29, 1.82) is 0 Å². The molecule has 0 saturated carbocycles. The van der Waals surface area contributed by atoms with E-state index in [1.807, 2.05) is 13.8 Å². The smallest absolute Gasteiger partial charge is 0.115 e. The monoisotopic (exact) mass is 237 g/mol. The lowest BCUT2D eigenvalue weighted by Gasteiger charge is -2.43. The zero-order chi connectivity index (χ0) is 12.3. The van der Waals surface area contributed by atoms with Crippen molar-refractivity contribution < 1.29 is 9.84 Å². The van der Waals surface area contributed by atoms with Gasteiger partial charge in [-0.2, -0.15) is 0 Å². The number of nitrogens with zero attached hydrogens (tertiary/aromatic N) is 3. The number of aliphatic hydroxyl groups excluding tert-OH is 1. The van der Waals surface area contributed by atoms with E-state index >= 15 is 0 Å². The lowest BCUT2D eigenvalue weighted by Crippen LogP contribution is -2.53. The summed E-state index contributed by atoms with van der Waals surface area (Å²) < 4.78 is 5.33. The Bertz CT molecular complexity index is 350. The summed E-state index contributed by atoms with van der Waals surface area (Å²) in [5.41, 5.74) is 0.415. The quantitative estimate of drug-likeness (QED) is 0.835. The standard InChI is InChI=1S/C12H19N3O2/c1-12(2,15-3-5-17-6-4-15)11(16)10-7-13-9-14-8-10/h7-9,11,16H,3-6H2,1-2H3. The van der Waals surface area contributed by atoms with Crippen LogP contribution in [0.25, 0.3) is 0 Å².